The number of nitrogens with one attached hydrogen (secondary N) is 2. The number of hydrogen-bond donors (Lipinski definition) is 2. The van der Waals surface area contributed by atoms with Crippen LogP contribution in [0.5, 0.6) is 11.5 Å². The lowest BCUT2D eigenvalue weighted by Crippen LogP contribution is -2.38. The molecular formula is C27H29N5O2. The number of carbonyl (C=O) groups excluding carboxylic acids is 1. The van der Waals surface area contributed by atoms with Gasteiger partial charge in [0.1, 0.15) is 23.6 Å². The molecule has 1 aliphatic heterocycles. The molecule has 0 unspecified atom stereocenters. The largest absolute Gasteiger partial charge is 0.457 e. The Balaban J connectivity index is 1.45. The van der Waals surface area contributed by atoms with Gasteiger partial charge in [0.15, 0.2) is 0 Å². The number of likely N-dealkylation sites (tertiary alicyclic amines) is 1. The number of ether oxygens (including phenoxy) is 1. The van der Waals surface area contributed by atoms with Gasteiger partial charge in [-0.25, -0.2) is 9.97 Å². The van der Waals surface area contributed by atoms with E-state index in [1.807, 2.05) is 47.4 Å². The summed E-state index contributed by atoms with van der Waals surface area (Å²) in [6, 6.07) is 15.5. The number of hydrogen-bond acceptors (Lipinski definition) is 6. The quantitative estimate of drug-likeness (QED) is 0.356. The lowest BCUT2D eigenvalue weighted by atomic mass is 10.0. The van der Waals surface area contributed by atoms with Crippen LogP contribution < -0.4 is 10.1 Å². The van der Waals surface area contributed by atoms with E-state index in [2.05, 4.69) is 34.9 Å². The molecule has 0 saturated carbocycles. The zero-order valence-electron chi connectivity index (χ0n) is 19.3. The van der Waals surface area contributed by atoms with Gasteiger partial charge in [0.2, 0.25) is 5.91 Å². The number of nitrogens with zero attached hydrogens (tertiary/aromatic N) is 3. The maximum atomic E-state index is 12.1. The molecule has 1 atom stereocenters. The van der Waals surface area contributed by atoms with Crippen molar-refractivity contribution in [3.8, 4) is 11.5 Å². The number of rotatable bonds is 9. The molecule has 0 radical (unpaired) electrons. The summed E-state index contributed by atoms with van der Waals surface area (Å²) >= 11 is 0. The van der Waals surface area contributed by atoms with Crippen LogP contribution in [0.15, 0.2) is 73.7 Å². The molecule has 3 aromatic rings. The predicted molar refractivity (Wildman–Crippen MR) is 134 cm³/mol. The number of anilines is 1. The van der Waals surface area contributed by atoms with Gasteiger partial charge >= 0.3 is 0 Å². The van der Waals surface area contributed by atoms with Gasteiger partial charge in [0.05, 0.1) is 11.3 Å². The molecule has 1 amide bonds. The third-order valence-electron chi connectivity index (χ3n) is 6.01. The van der Waals surface area contributed by atoms with Gasteiger partial charge in [0, 0.05) is 30.9 Å². The molecule has 1 aliphatic rings. The van der Waals surface area contributed by atoms with E-state index in [4.69, 9.17) is 10.1 Å². The van der Waals surface area contributed by atoms with Crippen molar-refractivity contribution in [2.75, 3.05) is 18.4 Å². The highest BCUT2D eigenvalue weighted by Crippen LogP contribution is 2.25. The Morgan fingerprint density at radius 3 is 2.85 bits per heavy atom. The third kappa shape index (κ3) is 5.31. The first-order valence-electron chi connectivity index (χ1n) is 11.5. The van der Waals surface area contributed by atoms with Crippen LogP contribution in [0.1, 0.15) is 36.5 Å². The summed E-state index contributed by atoms with van der Waals surface area (Å²) in [4.78, 5) is 22.4. The Morgan fingerprint density at radius 2 is 2.09 bits per heavy atom. The van der Waals surface area contributed by atoms with Crippen LogP contribution >= 0.6 is 0 Å². The Morgan fingerprint density at radius 1 is 1.26 bits per heavy atom. The molecule has 1 fully saturated rings. The van der Waals surface area contributed by atoms with Gasteiger partial charge in [-0.2, -0.15) is 0 Å². The molecular weight excluding hydrogens is 426 g/mol. The predicted octanol–water partition coefficient (Wildman–Crippen LogP) is 4.84. The summed E-state index contributed by atoms with van der Waals surface area (Å²) in [5.74, 6) is 2.03. The molecule has 2 heterocycles. The van der Waals surface area contributed by atoms with Crippen molar-refractivity contribution in [2.45, 2.75) is 32.2 Å². The lowest BCUT2D eigenvalue weighted by molar-refractivity contribution is -0.126. The minimum atomic E-state index is -0.0521. The smallest absolute Gasteiger partial charge is 0.246 e. The molecule has 174 valence electrons. The van der Waals surface area contributed by atoms with Gasteiger partial charge in [-0.15, -0.1) is 0 Å². The van der Waals surface area contributed by atoms with Crippen LogP contribution in [0.2, 0.25) is 0 Å². The van der Waals surface area contributed by atoms with Crippen LogP contribution in [-0.2, 0) is 11.2 Å². The monoisotopic (exact) mass is 455 g/mol. The fourth-order valence-corrected chi connectivity index (χ4v) is 4.13. The zero-order valence-corrected chi connectivity index (χ0v) is 19.3. The van der Waals surface area contributed by atoms with Crippen LogP contribution in [0.4, 0.5) is 5.82 Å². The van der Waals surface area contributed by atoms with Crippen molar-refractivity contribution >= 4 is 17.4 Å². The standard InChI is InChI=1S/C27H29N5O2/c1-3-19-7-5-9-23(15-19)34-22-12-10-20(11-13-22)26(28)24-17-29-18-31-27(24)30-16-21-8-6-14-32(21)25(33)4-2/h4-5,7,9-13,15,17-18,21,28H,2-3,6,8,14,16H2,1H3,(H,29,30,31)/t21-/m0/s1. The molecule has 2 aromatic carbocycles. The number of aryl methyl sites for hydroxylation is 1. The summed E-state index contributed by atoms with van der Waals surface area (Å²) in [5.41, 5.74) is 2.87. The fraction of sp³-hybridized carbons (Fsp3) is 0.259. The zero-order chi connectivity index (χ0) is 23.9. The van der Waals surface area contributed by atoms with E-state index in [1.54, 1.807) is 6.20 Å². The first-order chi connectivity index (χ1) is 16.6. The van der Waals surface area contributed by atoms with Crippen LogP contribution in [0, 0.1) is 5.41 Å². The molecule has 7 nitrogen and oxygen atoms in total. The summed E-state index contributed by atoms with van der Waals surface area (Å²) in [5, 5.41) is 12.1. The molecule has 0 spiro atoms. The first kappa shape index (κ1) is 23.2. The van der Waals surface area contributed by atoms with Crippen molar-refractivity contribution < 1.29 is 9.53 Å². The van der Waals surface area contributed by atoms with Crippen molar-refractivity contribution in [3.63, 3.8) is 0 Å². The molecule has 0 bridgehead atoms. The second kappa shape index (κ2) is 10.7. The number of benzene rings is 2. The highest BCUT2D eigenvalue weighted by Gasteiger charge is 2.27. The van der Waals surface area contributed by atoms with E-state index in [-0.39, 0.29) is 11.9 Å². The molecule has 2 N–H and O–H groups in total. The van der Waals surface area contributed by atoms with Gasteiger partial charge in [-0.3, -0.25) is 10.2 Å². The second-order valence-electron chi connectivity index (χ2n) is 8.20. The van der Waals surface area contributed by atoms with Gasteiger partial charge in [-0.05, 0) is 67.3 Å². The average molecular weight is 456 g/mol. The van der Waals surface area contributed by atoms with Crippen molar-refractivity contribution in [1.82, 2.24) is 14.9 Å². The second-order valence-corrected chi connectivity index (χ2v) is 8.20. The van der Waals surface area contributed by atoms with E-state index in [0.717, 1.165) is 37.1 Å². The van der Waals surface area contributed by atoms with E-state index in [0.29, 0.717) is 29.4 Å². The molecule has 4 rings (SSSR count). The van der Waals surface area contributed by atoms with E-state index in [1.165, 1.54) is 18.0 Å². The molecule has 7 heteroatoms. The normalized spacial score (nSPS) is 15.1. The summed E-state index contributed by atoms with van der Waals surface area (Å²) in [6.45, 7) is 7.00. The lowest BCUT2D eigenvalue weighted by Gasteiger charge is -2.24. The molecule has 0 aliphatic carbocycles. The van der Waals surface area contributed by atoms with Crippen LogP contribution in [0.3, 0.4) is 0 Å². The summed E-state index contributed by atoms with van der Waals surface area (Å²) in [7, 11) is 0. The molecule has 34 heavy (non-hydrogen) atoms. The minimum Gasteiger partial charge on any atom is -0.457 e. The minimum absolute atomic E-state index is 0.0521. The van der Waals surface area contributed by atoms with Crippen molar-refractivity contribution in [2.24, 2.45) is 0 Å². The Labute approximate surface area is 200 Å². The third-order valence-corrected chi connectivity index (χ3v) is 6.01. The summed E-state index contributed by atoms with van der Waals surface area (Å²) in [6.07, 6.45) is 7.30. The average Bonchev–Trinajstić information content (AvgIpc) is 3.36. The van der Waals surface area contributed by atoms with Gasteiger partial charge in [0.25, 0.3) is 0 Å². The Kier molecular flexibility index (Phi) is 7.32. The Hall–Kier alpha value is -4.00. The number of carbonyl (C=O) groups is 1. The number of aromatic nitrogens is 2. The fourth-order valence-electron chi connectivity index (χ4n) is 4.13. The maximum absolute atomic E-state index is 12.1. The van der Waals surface area contributed by atoms with Gasteiger partial charge in [-0.1, -0.05) is 25.6 Å². The molecule has 1 aromatic heterocycles. The van der Waals surface area contributed by atoms with Crippen molar-refractivity contribution in [3.05, 3.63) is 90.4 Å². The van der Waals surface area contributed by atoms with Gasteiger partial charge < -0.3 is 15.0 Å². The van der Waals surface area contributed by atoms with E-state index in [9.17, 15) is 4.79 Å². The summed E-state index contributed by atoms with van der Waals surface area (Å²) < 4.78 is 5.97. The topological polar surface area (TPSA) is 91.2 Å². The van der Waals surface area contributed by atoms with Crippen molar-refractivity contribution in [1.29, 1.82) is 5.41 Å². The Bertz CT molecular complexity index is 1180. The van der Waals surface area contributed by atoms with Crippen LogP contribution in [-0.4, -0.2) is 45.6 Å². The van der Waals surface area contributed by atoms with Crippen LogP contribution in [0.25, 0.3) is 0 Å². The SMILES string of the molecule is C=CC(=O)N1CCC[C@H]1CNc1ncncc1C(=N)c1ccc(Oc2cccc(CC)c2)cc1. The first-order valence-corrected chi connectivity index (χ1v) is 11.5. The highest BCUT2D eigenvalue weighted by molar-refractivity contribution is 6.13. The molecule has 1 saturated heterocycles. The maximum Gasteiger partial charge on any atom is 0.246 e. The number of amides is 1. The van der Waals surface area contributed by atoms with E-state index >= 15 is 0 Å². The van der Waals surface area contributed by atoms with E-state index < -0.39 is 0 Å². The highest BCUT2D eigenvalue weighted by atomic mass is 16.5.